The van der Waals surface area contributed by atoms with E-state index in [0.29, 0.717) is 18.7 Å². The Morgan fingerprint density at radius 2 is 1.88 bits per heavy atom. The van der Waals surface area contributed by atoms with Crippen LogP contribution in [-0.2, 0) is 4.74 Å². The summed E-state index contributed by atoms with van der Waals surface area (Å²) in [6.07, 6.45) is 4.52. The van der Waals surface area contributed by atoms with Crippen LogP contribution in [0.4, 0.5) is 9.18 Å². The summed E-state index contributed by atoms with van der Waals surface area (Å²) < 4.78 is 19.0. The van der Waals surface area contributed by atoms with E-state index in [9.17, 15) is 14.4 Å². The predicted octanol–water partition coefficient (Wildman–Crippen LogP) is 5.87. The predicted molar refractivity (Wildman–Crippen MR) is 124 cm³/mol. The number of ether oxygens (including phenoxy) is 1. The molecule has 1 aliphatic heterocycles. The van der Waals surface area contributed by atoms with Crippen LogP contribution in [0.15, 0.2) is 48.8 Å². The van der Waals surface area contributed by atoms with E-state index in [2.05, 4.69) is 22.1 Å². The maximum Gasteiger partial charge on any atom is 0.410 e. The Labute approximate surface area is 193 Å². The third-order valence-corrected chi connectivity index (χ3v) is 5.79. The number of pyridine rings is 1. The van der Waals surface area contributed by atoms with Gasteiger partial charge in [-0.2, -0.15) is 5.26 Å². The molecule has 33 heavy (non-hydrogen) atoms. The van der Waals surface area contributed by atoms with Crippen LogP contribution in [-0.4, -0.2) is 39.7 Å². The summed E-state index contributed by atoms with van der Waals surface area (Å²) >= 11 is 0. The van der Waals surface area contributed by atoms with Crippen LogP contribution in [0, 0.1) is 17.1 Å². The molecule has 0 saturated carbocycles. The number of nitriles is 1. The molecule has 7 heteroatoms. The van der Waals surface area contributed by atoms with Crippen LogP contribution < -0.4 is 0 Å². The van der Waals surface area contributed by atoms with Crippen molar-refractivity contribution in [2.75, 3.05) is 13.1 Å². The van der Waals surface area contributed by atoms with Gasteiger partial charge in [-0.25, -0.2) is 9.18 Å². The van der Waals surface area contributed by atoms with E-state index in [4.69, 9.17) is 4.74 Å². The average molecular weight is 447 g/mol. The summed E-state index contributed by atoms with van der Waals surface area (Å²) in [6.45, 7) is 6.81. The highest BCUT2D eigenvalue weighted by atomic mass is 19.1. The van der Waals surface area contributed by atoms with Gasteiger partial charge in [0, 0.05) is 48.2 Å². The quantitative estimate of drug-likeness (QED) is 0.546. The first-order valence-electron chi connectivity index (χ1n) is 11.1. The molecule has 1 fully saturated rings. The van der Waals surface area contributed by atoms with Gasteiger partial charge in [0.15, 0.2) is 0 Å². The first-order chi connectivity index (χ1) is 15.7. The molecule has 4 rings (SSSR count). The molecule has 3 aromatic rings. The van der Waals surface area contributed by atoms with Crippen molar-refractivity contribution in [3.63, 3.8) is 0 Å². The molecule has 3 heterocycles. The number of rotatable bonds is 3. The van der Waals surface area contributed by atoms with Crippen LogP contribution in [0.3, 0.4) is 0 Å². The molecular weight excluding hydrogens is 419 g/mol. The molecule has 1 amide bonds. The smallest absolute Gasteiger partial charge is 0.410 e. The Morgan fingerprint density at radius 3 is 2.52 bits per heavy atom. The molecule has 1 aromatic carbocycles. The number of benzene rings is 1. The van der Waals surface area contributed by atoms with Gasteiger partial charge in [0.05, 0.1) is 11.3 Å². The van der Waals surface area contributed by atoms with Gasteiger partial charge in [-0.15, -0.1) is 0 Å². The number of aromatic amines is 1. The summed E-state index contributed by atoms with van der Waals surface area (Å²) in [5, 5.41) is 9.60. The Kier molecular flexibility index (Phi) is 6.19. The van der Waals surface area contributed by atoms with Crippen LogP contribution in [0.25, 0.3) is 22.4 Å². The molecule has 1 aliphatic rings. The second-order valence-corrected chi connectivity index (χ2v) is 9.29. The number of nitrogens with one attached hydrogen (secondary N) is 1. The van der Waals surface area contributed by atoms with Gasteiger partial charge < -0.3 is 14.6 Å². The summed E-state index contributed by atoms with van der Waals surface area (Å²) in [5.74, 6) is -0.0766. The lowest BCUT2D eigenvalue weighted by atomic mass is 9.92. The molecule has 2 aromatic heterocycles. The molecule has 0 unspecified atom stereocenters. The Bertz CT molecular complexity index is 1180. The number of hydrogen-bond acceptors (Lipinski definition) is 4. The fourth-order valence-electron chi connectivity index (χ4n) is 4.17. The zero-order chi connectivity index (χ0) is 23.6. The molecule has 0 radical (unpaired) electrons. The molecule has 1 saturated heterocycles. The first-order valence-corrected chi connectivity index (χ1v) is 11.1. The monoisotopic (exact) mass is 446 g/mol. The fourth-order valence-corrected chi connectivity index (χ4v) is 4.17. The Hall–Kier alpha value is -3.66. The number of hydrogen-bond donors (Lipinski definition) is 1. The highest BCUT2D eigenvalue weighted by Crippen LogP contribution is 2.38. The molecule has 0 aliphatic carbocycles. The average Bonchev–Trinajstić information content (AvgIpc) is 3.24. The van der Waals surface area contributed by atoms with Gasteiger partial charge in [0.2, 0.25) is 0 Å². The van der Waals surface area contributed by atoms with E-state index >= 15 is 0 Å². The SMILES string of the molecule is CC(C)(C)OC(=O)N1CCC(c2cc(-c3ccncc3C#N)c(-c3ccc(F)cc3)[nH]2)CC1. The van der Waals surface area contributed by atoms with E-state index in [1.807, 2.05) is 26.8 Å². The maximum atomic E-state index is 13.5. The van der Waals surface area contributed by atoms with E-state index in [1.165, 1.54) is 12.1 Å². The van der Waals surface area contributed by atoms with Gasteiger partial charge in [0.25, 0.3) is 0 Å². The normalized spacial score (nSPS) is 14.7. The summed E-state index contributed by atoms with van der Waals surface area (Å²) in [4.78, 5) is 21.8. The summed E-state index contributed by atoms with van der Waals surface area (Å²) in [7, 11) is 0. The number of halogens is 1. The topological polar surface area (TPSA) is 82.0 Å². The fraction of sp³-hybridized carbons (Fsp3) is 0.346. The minimum atomic E-state index is -0.519. The van der Waals surface area contributed by atoms with Crippen molar-refractivity contribution in [1.82, 2.24) is 14.9 Å². The number of nitrogens with zero attached hydrogens (tertiary/aromatic N) is 3. The van der Waals surface area contributed by atoms with Gasteiger partial charge in [0.1, 0.15) is 17.5 Å². The molecular formula is C26H27FN4O2. The van der Waals surface area contributed by atoms with Gasteiger partial charge in [-0.1, -0.05) is 0 Å². The van der Waals surface area contributed by atoms with E-state index in [1.54, 1.807) is 29.4 Å². The molecule has 1 N–H and O–H groups in total. The molecule has 6 nitrogen and oxygen atoms in total. The number of amides is 1. The largest absolute Gasteiger partial charge is 0.444 e. The third-order valence-electron chi connectivity index (χ3n) is 5.79. The number of carbonyl (C=O) groups excluding carboxylic acids is 1. The minimum Gasteiger partial charge on any atom is -0.444 e. The highest BCUT2D eigenvalue weighted by Gasteiger charge is 2.29. The minimum absolute atomic E-state index is 0.226. The van der Waals surface area contributed by atoms with Crippen molar-refractivity contribution >= 4 is 6.09 Å². The number of H-pyrrole nitrogens is 1. The summed E-state index contributed by atoms with van der Waals surface area (Å²) in [6, 6.07) is 12.4. The lowest BCUT2D eigenvalue weighted by Crippen LogP contribution is -2.41. The highest BCUT2D eigenvalue weighted by molar-refractivity contribution is 5.84. The summed E-state index contributed by atoms with van der Waals surface area (Å²) in [5.41, 5.74) is 4.33. The number of piperidine rings is 1. The number of likely N-dealkylation sites (tertiary alicyclic amines) is 1. The van der Waals surface area contributed by atoms with Crippen molar-refractivity contribution in [2.24, 2.45) is 0 Å². The van der Waals surface area contributed by atoms with Crippen molar-refractivity contribution in [1.29, 1.82) is 5.26 Å². The Balaban J connectivity index is 1.63. The van der Waals surface area contributed by atoms with Gasteiger partial charge in [-0.3, -0.25) is 4.98 Å². The van der Waals surface area contributed by atoms with Gasteiger partial charge in [-0.05, 0) is 75.6 Å². The zero-order valence-corrected chi connectivity index (χ0v) is 19.1. The zero-order valence-electron chi connectivity index (χ0n) is 19.1. The second-order valence-electron chi connectivity index (χ2n) is 9.29. The standard InChI is InChI=1S/C26H27FN4O2/c1-26(2,3)33-25(32)31-12-9-17(10-13-31)23-14-22(21-8-11-29-16-19(21)15-28)24(30-23)18-4-6-20(27)7-5-18/h4-8,11,14,16-17,30H,9-10,12-13H2,1-3H3. The molecule has 0 atom stereocenters. The molecule has 0 spiro atoms. The first kappa shape index (κ1) is 22.5. The number of aromatic nitrogens is 2. The lowest BCUT2D eigenvalue weighted by molar-refractivity contribution is 0.0204. The lowest BCUT2D eigenvalue weighted by Gasteiger charge is -2.33. The van der Waals surface area contributed by atoms with Crippen LogP contribution >= 0.6 is 0 Å². The second kappa shape index (κ2) is 9.07. The number of carbonyl (C=O) groups is 1. The molecule has 0 bridgehead atoms. The van der Waals surface area contributed by atoms with Gasteiger partial charge >= 0.3 is 6.09 Å². The van der Waals surface area contributed by atoms with Crippen LogP contribution in [0.1, 0.15) is 50.8 Å². The van der Waals surface area contributed by atoms with E-state index < -0.39 is 5.60 Å². The van der Waals surface area contributed by atoms with Crippen LogP contribution in [0.5, 0.6) is 0 Å². The van der Waals surface area contributed by atoms with Crippen molar-refractivity contribution < 1.29 is 13.9 Å². The third kappa shape index (κ3) is 5.06. The van der Waals surface area contributed by atoms with Crippen molar-refractivity contribution in [2.45, 2.75) is 45.1 Å². The van der Waals surface area contributed by atoms with Crippen molar-refractivity contribution in [3.8, 4) is 28.5 Å². The Morgan fingerprint density at radius 1 is 1.18 bits per heavy atom. The maximum absolute atomic E-state index is 13.5. The van der Waals surface area contributed by atoms with E-state index in [-0.39, 0.29) is 17.8 Å². The van der Waals surface area contributed by atoms with Crippen LogP contribution in [0.2, 0.25) is 0 Å². The molecule has 170 valence electrons. The van der Waals surface area contributed by atoms with Crippen molar-refractivity contribution in [3.05, 3.63) is 65.9 Å². The van der Waals surface area contributed by atoms with E-state index in [0.717, 1.165) is 40.9 Å².